The van der Waals surface area contributed by atoms with Crippen molar-refractivity contribution in [2.24, 2.45) is 5.73 Å². The van der Waals surface area contributed by atoms with Gasteiger partial charge in [0.1, 0.15) is 5.82 Å². The van der Waals surface area contributed by atoms with Crippen molar-refractivity contribution in [2.45, 2.75) is 25.5 Å². The summed E-state index contributed by atoms with van der Waals surface area (Å²) in [6.07, 6.45) is 0.684. The maximum absolute atomic E-state index is 13.7. The van der Waals surface area contributed by atoms with E-state index in [1.807, 2.05) is 6.92 Å². The van der Waals surface area contributed by atoms with Crippen molar-refractivity contribution in [3.05, 3.63) is 35.1 Å². The molecule has 0 spiro atoms. The molecule has 1 fully saturated rings. The maximum Gasteiger partial charge on any atom is 0.254 e. The van der Waals surface area contributed by atoms with Crippen LogP contribution in [-0.4, -0.2) is 31.2 Å². The minimum atomic E-state index is -0.563. The third-order valence-electron chi connectivity index (χ3n) is 3.24. The second-order valence-electron chi connectivity index (χ2n) is 4.65. The molecule has 0 radical (unpaired) electrons. The lowest BCUT2D eigenvalue weighted by Crippen LogP contribution is -2.39. The molecule has 3 N–H and O–H groups in total. The van der Waals surface area contributed by atoms with Gasteiger partial charge in [-0.2, -0.15) is 0 Å². The number of rotatable bonds is 2. The van der Waals surface area contributed by atoms with E-state index in [0.29, 0.717) is 12.2 Å². The predicted octanol–water partition coefficient (Wildman–Crippen LogP) is 1.04. The summed E-state index contributed by atoms with van der Waals surface area (Å²) < 4.78 is 19.1. The second-order valence-corrected chi connectivity index (χ2v) is 4.65. The van der Waals surface area contributed by atoms with E-state index in [1.54, 1.807) is 0 Å². The molecule has 1 aromatic carbocycles. The number of nitrogens with two attached hydrogens (primary N) is 1. The fraction of sp³-hybridized carbons (Fsp3) is 0.400. The lowest BCUT2D eigenvalue weighted by Gasteiger charge is -2.16. The SMILES string of the molecule is CC1OCCC1NC(=O)c1cc(C#CCN)ccc1F. The van der Waals surface area contributed by atoms with Crippen LogP contribution in [0.5, 0.6) is 0 Å². The molecule has 1 heterocycles. The second kappa shape index (κ2) is 6.51. The number of hydrogen-bond donors (Lipinski definition) is 2. The molecule has 4 nitrogen and oxygen atoms in total. The maximum atomic E-state index is 13.7. The van der Waals surface area contributed by atoms with Crippen molar-refractivity contribution >= 4 is 5.91 Å². The fourth-order valence-electron chi connectivity index (χ4n) is 2.10. The standard InChI is InChI=1S/C15H17FN2O2/c1-10-14(6-8-20-10)18-15(19)12-9-11(3-2-7-17)4-5-13(12)16/h4-5,9-10,14H,6-8,17H2,1H3,(H,18,19). The molecule has 1 amide bonds. The number of hydrogen-bond acceptors (Lipinski definition) is 3. The van der Waals surface area contributed by atoms with Gasteiger partial charge in [0.25, 0.3) is 5.91 Å². The molecular formula is C15H17FN2O2. The van der Waals surface area contributed by atoms with Crippen LogP contribution in [0.4, 0.5) is 4.39 Å². The Hall–Kier alpha value is -1.90. The van der Waals surface area contributed by atoms with Crippen LogP contribution in [0.1, 0.15) is 29.3 Å². The van der Waals surface area contributed by atoms with E-state index in [9.17, 15) is 9.18 Å². The van der Waals surface area contributed by atoms with Crippen LogP contribution in [0.3, 0.4) is 0 Å². The average Bonchev–Trinajstić information content (AvgIpc) is 2.83. The lowest BCUT2D eigenvalue weighted by atomic mass is 10.1. The Balaban J connectivity index is 2.16. The fourth-order valence-corrected chi connectivity index (χ4v) is 2.10. The number of carbonyl (C=O) groups excluding carboxylic acids is 1. The van der Waals surface area contributed by atoms with Gasteiger partial charge >= 0.3 is 0 Å². The number of ether oxygens (including phenoxy) is 1. The van der Waals surface area contributed by atoms with Crippen LogP contribution in [0, 0.1) is 17.7 Å². The van der Waals surface area contributed by atoms with Gasteiger partial charge in [0.2, 0.25) is 0 Å². The Morgan fingerprint density at radius 3 is 3.05 bits per heavy atom. The topological polar surface area (TPSA) is 64.3 Å². The lowest BCUT2D eigenvalue weighted by molar-refractivity contribution is 0.0862. The van der Waals surface area contributed by atoms with Crippen LogP contribution in [0.2, 0.25) is 0 Å². The number of benzene rings is 1. The third kappa shape index (κ3) is 3.35. The highest BCUT2D eigenvalue weighted by Gasteiger charge is 2.26. The van der Waals surface area contributed by atoms with Gasteiger partial charge in [-0.3, -0.25) is 4.79 Å². The first kappa shape index (κ1) is 14.5. The molecule has 106 valence electrons. The number of amides is 1. The van der Waals surface area contributed by atoms with Gasteiger partial charge in [0.15, 0.2) is 0 Å². The summed E-state index contributed by atoms with van der Waals surface area (Å²) in [5, 5.41) is 2.79. The minimum absolute atomic E-state index is 0.00655. The summed E-state index contributed by atoms with van der Waals surface area (Å²) in [5.74, 6) is 4.45. The molecule has 2 atom stereocenters. The van der Waals surface area contributed by atoms with E-state index >= 15 is 0 Å². The molecule has 0 bridgehead atoms. The van der Waals surface area contributed by atoms with Gasteiger partial charge in [-0.25, -0.2) is 4.39 Å². The van der Waals surface area contributed by atoms with Crippen molar-refractivity contribution in [3.63, 3.8) is 0 Å². The molecule has 1 aromatic rings. The monoisotopic (exact) mass is 276 g/mol. The van der Waals surface area contributed by atoms with Gasteiger partial charge < -0.3 is 15.8 Å². The summed E-state index contributed by atoms with van der Waals surface area (Å²) in [6, 6.07) is 4.12. The molecule has 1 aliphatic rings. The van der Waals surface area contributed by atoms with Crippen LogP contribution >= 0.6 is 0 Å². The van der Waals surface area contributed by atoms with E-state index < -0.39 is 11.7 Å². The summed E-state index contributed by atoms with van der Waals surface area (Å²) in [4.78, 5) is 12.1. The Bertz CT molecular complexity index is 563. The largest absolute Gasteiger partial charge is 0.376 e. The van der Waals surface area contributed by atoms with Crippen molar-refractivity contribution in [1.82, 2.24) is 5.32 Å². The summed E-state index contributed by atoms with van der Waals surface area (Å²) in [7, 11) is 0. The normalized spacial score (nSPS) is 21.1. The van der Waals surface area contributed by atoms with Gasteiger partial charge in [0, 0.05) is 12.2 Å². The first-order valence-corrected chi connectivity index (χ1v) is 6.52. The minimum Gasteiger partial charge on any atom is -0.376 e. The highest BCUT2D eigenvalue weighted by Crippen LogP contribution is 2.15. The predicted molar refractivity (Wildman–Crippen MR) is 73.6 cm³/mol. The molecule has 1 aliphatic heterocycles. The number of nitrogens with one attached hydrogen (secondary N) is 1. The van der Waals surface area contributed by atoms with E-state index in [2.05, 4.69) is 17.2 Å². The van der Waals surface area contributed by atoms with Crippen LogP contribution < -0.4 is 11.1 Å². The molecule has 0 aliphatic carbocycles. The molecule has 20 heavy (non-hydrogen) atoms. The van der Waals surface area contributed by atoms with Gasteiger partial charge in [-0.1, -0.05) is 11.8 Å². The highest BCUT2D eigenvalue weighted by molar-refractivity contribution is 5.95. The van der Waals surface area contributed by atoms with E-state index in [-0.39, 0.29) is 24.3 Å². The molecule has 0 saturated carbocycles. The Morgan fingerprint density at radius 2 is 2.40 bits per heavy atom. The van der Waals surface area contributed by atoms with Crippen LogP contribution in [0.15, 0.2) is 18.2 Å². The third-order valence-corrected chi connectivity index (χ3v) is 3.24. The quantitative estimate of drug-likeness (QED) is 0.793. The van der Waals surface area contributed by atoms with Gasteiger partial charge in [-0.15, -0.1) is 0 Å². The summed E-state index contributed by atoms with van der Waals surface area (Å²) >= 11 is 0. The van der Waals surface area contributed by atoms with E-state index in [0.717, 1.165) is 6.42 Å². The van der Waals surface area contributed by atoms with Crippen molar-refractivity contribution in [3.8, 4) is 11.8 Å². The average molecular weight is 276 g/mol. The molecule has 2 rings (SSSR count). The Morgan fingerprint density at radius 1 is 1.60 bits per heavy atom. The van der Waals surface area contributed by atoms with E-state index in [4.69, 9.17) is 10.5 Å². The van der Waals surface area contributed by atoms with Crippen molar-refractivity contribution in [1.29, 1.82) is 0 Å². The number of carbonyl (C=O) groups is 1. The molecule has 0 aromatic heterocycles. The first-order chi connectivity index (χ1) is 9.61. The van der Waals surface area contributed by atoms with E-state index in [1.165, 1.54) is 18.2 Å². The number of halogens is 1. The summed E-state index contributed by atoms with van der Waals surface area (Å²) in [6.45, 7) is 2.71. The molecule has 2 unspecified atom stereocenters. The van der Waals surface area contributed by atoms with Gasteiger partial charge in [0.05, 0.1) is 24.3 Å². The van der Waals surface area contributed by atoms with Crippen LogP contribution in [0.25, 0.3) is 0 Å². The zero-order chi connectivity index (χ0) is 14.5. The summed E-state index contributed by atoms with van der Waals surface area (Å²) in [5.41, 5.74) is 5.85. The van der Waals surface area contributed by atoms with Crippen molar-refractivity contribution < 1.29 is 13.9 Å². The smallest absolute Gasteiger partial charge is 0.254 e. The highest BCUT2D eigenvalue weighted by atomic mass is 19.1. The Labute approximate surface area is 117 Å². The zero-order valence-electron chi connectivity index (χ0n) is 11.3. The first-order valence-electron chi connectivity index (χ1n) is 6.52. The molecule has 1 saturated heterocycles. The zero-order valence-corrected chi connectivity index (χ0v) is 11.3. The molecule has 5 heteroatoms. The molecular weight excluding hydrogens is 259 g/mol. The van der Waals surface area contributed by atoms with Gasteiger partial charge in [-0.05, 0) is 31.5 Å². The van der Waals surface area contributed by atoms with Crippen molar-refractivity contribution in [2.75, 3.05) is 13.2 Å². The Kier molecular flexibility index (Phi) is 4.72. The van der Waals surface area contributed by atoms with Crippen LogP contribution in [-0.2, 0) is 4.74 Å².